The van der Waals surface area contributed by atoms with Crippen LogP contribution in [0.25, 0.3) is 0 Å². The lowest BCUT2D eigenvalue weighted by molar-refractivity contribution is 0.373. The highest BCUT2D eigenvalue weighted by molar-refractivity contribution is 7.09. The molecule has 3 heteroatoms. The van der Waals surface area contributed by atoms with Crippen molar-refractivity contribution in [3.8, 4) is 0 Å². The minimum atomic E-state index is 1.14. The van der Waals surface area contributed by atoms with E-state index >= 15 is 0 Å². The van der Waals surface area contributed by atoms with Gasteiger partial charge in [0, 0.05) is 4.88 Å². The van der Waals surface area contributed by atoms with Crippen molar-refractivity contribution in [1.82, 2.24) is 9.80 Å². The maximum absolute atomic E-state index is 2.25. The Kier molecular flexibility index (Phi) is 15.3. The molecule has 17 heavy (non-hydrogen) atoms. The van der Waals surface area contributed by atoms with E-state index in [2.05, 4.69) is 76.2 Å². The van der Waals surface area contributed by atoms with Crippen molar-refractivity contribution in [2.24, 2.45) is 0 Å². The molecule has 0 saturated carbocycles. The largest absolute Gasteiger partial charge is 0.310 e. The molecule has 0 saturated heterocycles. The standard InChI is InChI=1S/C5H13N.C5H6S.C4H11N/c1-4-6(3)5-2;1-5-3-2-4-6-5;1-4-5(2)3/h4-5H2,1-3H3;2-4H,1H3;4H2,1-3H3. The quantitative estimate of drug-likeness (QED) is 0.817. The predicted molar refractivity (Wildman–Crippen MR) is 82.1 cm³/mol. The van der Waals surface area contributed by atoms with Crippen molar-refractivity contribution < 1.29 is 0 Å². The van der Waals surface area contributed by atoms with E-state index in [1.165, 1.54) is 4.88 Å². The van der Waals surface area contributed by atoms with E-state index in [1.54, 1.807) is 11.3 Å². The third-order valence-electron chi connectivity index (χ3n) is 2.38. The second-order valence-corrected chi connectivity index (χ2v) is 5.26. The number of hydrogen-bond donors (Lipinski definition) is 0. The van der Waals surface area contributed by atoms with Crippen molar-refractivity contribution >= 4 is 11.3 Å². The van der Waals surface area contributed by atoms with Crippen molar-refractivity contribution in [2.75, 3.05) is 40.8 Å². The number of aryl methyl sites for hydroxylation is 1. The van der Waals surface area contributed by atoms with Gasteiger partial charge in [0.05, 0.1) is 0 Å². The lowest BCUT2D eigenvalue weighted by Gasteiger charge is -2.07. The van der Waals surface area contributed by atoms with E-state index in [-0.39, 0.29) is 0 Å². The summed E-state index contributed by atoms with van der Waals surface area (Å²) in [6.45, 7) is 12.0. The van der Waals surface area contributed by atoms with Gasteiger partial charge in [-0.2, -0.15) is 0 Å². The average molecular weight is 258 g/mol. The van der Waals surface area contributed by atoms with Gasteiger partial charge in [0.1, 0.15) is 0 Å². The van der Waals surface area contributed by atoms with Crippen molar-refractivity contribution in [2.45, 2.75) is 27.7 Å². The van der Waals surface area contributed by atoms with Gasteiger partial charge in [0.25, 0.3) is 0 Å². The molecule has 1 heterocycles. The van der Waals surface area contributed by atoms with Crippen LogP contribution in [0.2, 0.25) is 0 Å². The zero-order valence-corrected chi connectivity index (χ0v) is 13.5. The second kappa shape index (κ2) is 13.7. The van der Waals surface area contributed by atoms with E-state index in [0.717, 1.165) is 19.6 Å². The molecule has 2 nitrogen and oxygen atoms in total. The molecule has 0 N–H and O–H groups in total. The maximum atomic E-state index is 2.25. The van der Waals surface area contributed by atoms with Gasteiger partial charge in [-0.25, -0.2) is 0 Å². The van der Waals surface area contributed by atoms with Crippen molar-refractivity contribution in [3.05, 3.63) is 22.4 Å². The average Bonchev–Trinajstić information content (AvgIpc) is 2.80. The molecule has 0 radical (unpaired) electrons. The lowest BCUT2D eigenvalue weighted by atomic mass is 10.5. The van der Waals surface area contributed by atoms with Crippen LogP contribution in [0.3, 0.4) is 0 Å². The Morgan fingerprint density at radius 3 is 1.53 bits per heavy atom. The summed E-state index contributed by atoms with van der Waals surface area (Å²) in [6, 6.07) is 4.16. The molecule has 1 rings (SSSR count). The first kappa shape index (κ1) is 19.0. The number of nitrogens with zero attached hydrogens (tertiary/aromatic N) is 2. The fraction of sp³-hybridized carbons (Fsp3) is 0.714. The fourth-order valence-electron chi connectivity index (χ4n) is 0.584. The minimum Gasteiger partial charge on any atom is -0.310 e. The Bertz CT molecular complexity index is 216. The summed E-state index contributed by atoms with van der Waals surface area (Å²) in [4.78, 5) is 5.76. The Hall–Kier alpha value is -0.380. The molecule has 0 atom stereocenters. The highest BCUT2D eigenvalue weighted by Gasteiger charge is 1.81. The van der Waals surface area contributed by atoms with Gasteiger partial charge in [-0.15, -0.1) is 11.3 Å². The molecule has 0 aliphatic carbocycles. The van der Waals surface area contributed by atoms with Crippen LogP contribution in [0, 0.1) is 6.92 Å². The topological polar surface area (TPSA) is 6.48 Å². The van der Waals surface area contributed by atoms with E-state index < -0.39 is 0 Å². The van der Waals surface area contributed by atoms with Crippen LogP contribution >= 0.6 is 11.3 Å². The van der Waals surface area contributed by atoms with Crippen molar-refractivity contribution in [1.29, 1.82) is 0 Å². The molecule has 0 spiro atoms. The molecule has 0 bridgehead atoms. The Morgan fingerprint density at radius 2 is 1.47 bits per heavy atom. The van der Waals surface area contributed by atoms with Crippen LogP contribution in [-0.4, -0.2) is 50.6 Å². The van der Waals surface area contributed by atoms with Crippen LogP contribution < -0.4 is 0 Å². The number of thiophene rings is 1. The molecule has 102 valence electrons. The van der Waals surface area contributed by atoms with Gasteiger partial charge >= 0.3 is 0 Å². The molecule has 0 aromatic carbocycles. The molecule has 1 aromatic rings. The Morgan fingerprint density at radius 1 is 1.00 bits per heavy atom. The molecular formula is C14H30N2S. The molecule has 0 amide bonds. The van der Waals surface area contributed by atoms with Crippen LogP contribution in [-0.2, 0) is 0 Å². The summed E-state index contributed by atoms with van der Waals surface area (Å²) in [5, 5.41) is 2.08. The molecule has 1 aromatic heterocycles. The monoisotopic (exact) mass is 258 g/mol. The van der Waals surface area contributed by atoms with Gasteiger partial charge in [0.2, 0.25) is 0 Å². The predicted octanol–water partition coefficient (Wildman–Crippen LogP) is 3.58. The van der Waals surface area contributed by atoms with E-state index in [4.69, 9.17) is 0 Å². The van der Waals surface area contributed by atoms with Crippen LogP contribution in [0.4, 0.5) is 0 Å². The third kappa shape index (κ3) is 18.2. The van der Waals surface area contributed by atoms with Crippen LogP contribution in [0.5, 0.6) is 0 Å². The van der Waals surface area contributed by atoms with E-state index in [1.807, 2.05) is 0 Å². The SMILES string of the molecule is CCN(C)C.CCN(C)CC.Cc1cccs1. The summed E-state index contributed by atoms with van der Waals surface area (Å²) in [5.41, 5.74) is 0. The fourth-order valence-corrected chi connectivity index (χ4v) is 1.11. The third-order valence-corrected chi connectivity index (χ3v) is 3.18. The van der Waals surface area contributed by atoms with Gasteiger partial charge in [0.15, 0.2) is 0 Å². The maximum Gasteiger partial charge on any atom is 0.00141 e. The van der Waals surface area contributed by atoms with Gasteiger partial charge in [-0.3, -0.25) is 0 Å². The number of rotatable bonds is 3. The summed E-state index contributed by atoms with van der Waals surface area (Å²) < 4.78 is 0. The first-order valence-electron chi connectivity index (χ1n) is 6.31. The lowest BCUT2D eigenvalue weighted by Crippen LogP contribution is -2.15. The molecule has 0 unspecified atom stereocenters. The molecule has 0 aliphatic heterocycles. The minimum absolute atomic E-state index is 1.14. The summed E-state index contributed by atoms with van der Waals surface area (Å²) in [7, 11) is 6.22. The van der Waals surface area contributed by atoms with Crippen LogP contribution in [0.1, 0.15) is 25.6 Å². The number of hydrogen-bond acceptors (Lipinski definition) is 3. The first-order chi connectivity index (χ1) is 7.97. The molecule has 0 aliphatic rings. The molecular weight excluding hydrogens is 228 g/mol. The summed E-state index contributed by atoms with van der Waals surface area (Å²) in [5.74, 6) is 0. The zero-order chi connectivity index (χ0) is 13.7. The van der Waals surface area contributed by atoms with Gasteiger partial charge in [-0.05, 0) is 59.1 Å². The smallest absolute Gasteiger partial charge is 0.00141 e. The Balaban J connectivity index is 0. The first-order valence-corrected chi connectivity index (χ1v) is 7.19. The van der Waals surface area contributed by atoms with Crippen molar-refractivity contribution in [3.63, 3.8) is 0 Å². The molecule has 0 fully saturated rings. The van der Waals surface area contributed by atoms with Gasteiger partial charge in [-0.1, -0.05) is 26.8 Å². The highest BCUT2D eigenvalue weighted by Crippen LogP contribution is 2.03. The zero-order valence-electron chi connectivity index (χ0n) is 12.7. The summed E-state index contributed by atoms with van der Waals surface area (Å²) >= 11 is 1.78. The van der Waals surface area contributed by atoms with Gasteiger partial charge < -0.3 is 9.80 Å². The van der Waals surface area contributed by atoms with E-state index in [0.29, 0.717) is 0 Å². The van der Waals surface area contributed by atoms with E-state index in [9.17, 15) is 0 Å². The normalized spacial score (nSPS) is 9.47. The van der Waals surface area contributed by atoms with Crippen LogP contribution in [0.15, 0.2) is 17.5 Å². The Labute approximate surface area is 112 Å². The second-order valence-electron chi connectivity index (χ2n) is 4.11. The highest BCUT2D eigenvalue weighted by atomic mass is 32.1. The summed E-state index contributed by atoms with van der Waals surface area (Å²) in [6.07, 6.45) is 0.